The summed E-state index contributed by atoms with van der Waals surface area (Å²) >= 11 is 0. The highest BCUT2D eigenvalue weighted by atomic mass is 19.4. The number of likely N-dealkylation sites (tertiary alicyclic amines) is 1. The Morgan fingerprint density at radius 3 is 2.50 bits per heavy atom. The summed E-state index contributed by atoms with van der Waals surface area (Å²) in [6, 6.07) is 3.04. The van der Waals surface area contributed by atoms with E-state index in [-0.39, 0.29) is 30.1 Å². The summed E-state index contributed by atoms with van der Waals surface area (Å²) in [6.07, 6.45) is -2.82. The van der Waals surface area contributed by atoms with Crippen LogP contribution in [0.5, 0.6) is 0 Å². The number of nitrogens with zero attached hydrogens (tertiary/aromatic N) is 3. The van der Waals surface area contributed by atoms with Crippen LogP contribution in [-0.2, 0) is 15.8 Å². The molecule has 1 saturated heterocycles. The molecule has 1 N–H and O–H groups in total. The lowest BCUT2D eigenvalue weighted by Gasteiger charge is -2.32. The molecule has 0 saturated carbocycles. The van der Waals surface area contributed by atoms with Crippen LogP contribution >= 0.6 is 0 Å². The Balaban J connectivity index is 1.67. The van der Waals surface area contributed by atoms with Gasteiger partial charge in [-0.3, -0.25) is 14.5 Å². The highest BCUT2D eigenvalue weighted by Gasteiger charge is 2.46. The van der Waals surface area contributed by atoms with Crippen molar-refractivity contribution >= 4 is 17.8 Å². The van der Waals surface area contributed by atoms with Crippen molar-refractivity contribution in [2.24, 2.45) is 0 Å². The fourth-order valence-electron chi connectivity index (χ4n) is 4.22. The predicted octanol–water partition coefficient (Wildman–Crippen LogP) is 2.12. The number of nitrogens with one attached hydrogen (secondary N) is 1. The van der Waals surface area contributed by atoms with Crippen LogP contribution in [0.25, 0.3) is 0 Å². The van der Waals surface area contributed by atoms with E-state index in [0.29, 0.717) is 18.8 Å². The molecule has 160 valence electrons. The zero-order valence-corrected chi connectivity index (χ0v) is 16.3. The van der Waals surface area contributed by atoms with Gasteiger partial charge in [-0.25, -0.2) is 4.79 Å². The molecule has 30 heavy (non-hydrogen) atoms. The third-order valence-corrected chi connectivity index (χ3v) is 5.80. The number of alkyl halides is 3. The van der Waals surface area contributed by atoms with Crippen molar-refractivity contribution in [2.45, 2.75) is 25.1 Å². The SMILES string of the molecule is CN1C(=O)NC(c2ccccc2C(F)(F)F)C2=C1CN(CC(=O)N1CCCC1)C2=O. The van der Waals surface area contributed by atoms with Gasteiger partial charge in [-0.2, -0.15) is 13.2 Å². The molecule has 1 atom stereocenters. The standard InChI is InChI=1S/C20H21F3N4O3/c1-25-14-10-27(11-15(28)26-8-4-5-9-26)18(29)16(14)17(24-19(25)30)12-6-2-3-7-13(12)20(21,22)23/h2-3,6-7,17H,4-5,8-11H2,1H3,(H,24,30). The lowest BCUT2D eigenvalue weighted by Crippen LogP contribution is -2.45. The van der Waals surface area contributed by atoms with Gasteiger partial charge in [0.15, 0.2) is 0 Å². The summed E-state index contributed by atoms with van der Waals surface area (Å²) in [7, 11) is 1.45. The zero-order chi connectivity index (χ0) is 21.6. The first-order chi connectivity index (χ1) is 14.2. The Morgan fingerprint density at radius 2 is 1.83 bits per heavy atom. The van der Waals surface area contributed by atoms with E-state index >= 15 is 0 Å². The van der Waals surface area contributed by atoms with Gasteiger partial charge in [0.25, 0.3) is 5.91 Å². The van der Waals surface area contributed by atoms with Gasteiger partial charge in [0.2, 0.25) is 5.91 Å². The Hall–Kier alpha value is -3.04. The molecule has 3 heterocycles. The smallest absolute Gasteiger partial charge is 0.341 e. The molecule has 1 unspecified atom stereocenters. The molecular weight excluding hydrogens is 401 g/mol. The molecule has 3 aliphatic rings. The average molecular weight is 422 g/mol. The average Bonchev–Trinajstić information content (AvgIpc) is 3.34. The third kappa shape index (κ3) is 3.40. The molecule has 1 aromatic rings. The molecule has 10 heteroatoms. The summed E-state index contributed by atoms with van der Waals surface area (Å²) in [5, 5.41) is 2.51. The van der Waals surface area contributed by atoms with Crippen LogP contribution in [-0.4, -0.2) is 65.8 Å². The number of benzene rings is 1. The van der Waals surface area contributed by atoms with E-state index < -0.39 is 29.7 Å². The van der Waals surface area contributed by atoms with E-state index in [0.717, 1.165) is 18.9 Å². The van der Waals surface area contributed by atoms with Crippen molar-refractivity contribution in [3.8, 4) is 0 Å². The van der Waals surface area contributed by atoms with Gasteiger partial charge in [0.1, 0.15) is 6.54 Å². The molecule has 1 fully saturated rings. The van der Waals surface area contributed by atoms with Crippen LogP contribution in [0, 0.1) is 0 Å². The van der Waals surface area contributed by atoms with Gasteiger partial charge in [-0.15, -0.1) is 0 Å². The summed E-state index contributed by atoms with van der Waals surface area (Å²) in [5.41, 5.74) is -0.714. The number of hydrogen-bond acceptors (Lipinski definition) is 3. The van der Waals surface area contributed by atoms with Gasteiger partial charge in [-0.1, -0.05) is 18.2 Å². The Kier molecular flexibility index (Phi) is 4.95. The largest absolute Gasteiger partial charge is 0.416 e. The van der Waals surface area contributed by atoms with E-state index in [4.69, 9.17) is 0 Å². The van der Waals surface area contributed by atoms with E-state index in [1.54, 1.807) is 4.90 Å². The van der Waals surface area contributed by atoms with Gasteiger partial charge >= 0.3 is 12.2 Å². The number of likely N-dealkylation sites (N-methyl/N-ethyl adjacent to an activating group) is 1. The van der Waals surface area contributed by atoms with Crippen LogP contribution in [0.3, 0.4) is 0 Å². The second-order valence-electron chi connectivity index (χ2n) is 7.64. The molecular formula is C20H21F3N4O3. The Bertz CT molecular complexity index is 937. The summed E-state index contributed by atoms with van der Waals surface area (Å²) in [4.78, 5) is 42.2. The van der Waals surface area contributed by atoms with E-state index in [1.807, 2.05) is 0 Å². The van der Waals surface area contributed by atoms with Crippen molar-refractivity contribution in [2.75, 3.05) is 33.2 Å². The molecule has 0 aliphatic carbocycles. The molecule has 1 aromatic carbocycles. The first-order valence-corrected chi connectivity index (χ1v) is 9.69. The van der Waals surface area contributed by atoms with E-state index in [2.05, 4.69) is 5.32 Å². The molecule has 0 radical (unpaired) electrons. The van der Waals surface area contributed by atoms with Crippen LogP contribution in [0.1, 0.15) is 30.0 Å². The third-order valence-electron chi connectivity index (χ3n) is 5.80. The maximum absolute atomic E-state index is 13.6. The second-order valence-corrected chi connectivity index (χ2v) is 7.64. The lowest BCUT2D eigenvalue weighted by atomic mass is 9.92. The lowest BCUT2D eigenvalue weighted by molar-refractivity contribution is -0.138. The van der Waals surface area contributed by atoms with Gasteiger partial charge in [0, 0.05) is 20.1 Å². The molecule has 4 amide bonds. The number of urea groups is 1. The van der Waals surface area contributed by atoms with Gasteiger partial charge in [-0.05, 0) is 24.5 Å². The van der Waals surface area contributed by atoms with Crippen molar-refractivity contribution in [1.82, 2.24) is 20.0 Å². The van der Waals surface area contributed by atoms with Crippen LogP contribution in [0.4, 0.5) is 18.0 Å². The number of rotatable bonds is 3. The normalized spacial score (nSPS) is 22.0. The van der Waals surface area contributed by atoms with Crippen molar-refractivity contribution in [3.63, 3.8) is 0 Å². The van der Waals surface area contributed by atoms with Gasteiger partial charge < -0.3 is 15.1 Å². The quantitative estimate of drug-likeness (QED) is 0.811. The predicted molar refractivity (Wildman–Crippen MR) is 99.9 cm³/mol. The van der Waals surface area contributed by atoms with Gasteiger partial charge in [0.05, 0.1) is 29.4 Å². The number of hydrogen-bond donors (Lipinski definition) is 1. The van der Waals surface area contributed by atoms with Crippen molar-refractivity contribution < 1.29 is 27.6 Å². The summed E-state index contributed by atoms with van der Waals surface area (Å²) < 4.78 is 40.7. The van der Waals surface area contributed by atoms with Crippen LogP contribution in [0.15, 0.2) is 35.5 Å². The minimum Gasteiger partial charge on any atom is -0.341 e. The van der Waals surface area contributed by atoms with Crippen LogP contribution in [0.2, 0.25) is 0 Å². The summed E-state index contributed by atoms with van der Waals surface area (Å²) in [5.74, 6) is -0.735. The molecule has 0 bridgehead atoms. The number of amides is 4. The number of halogens is 3. The topological polar surface area (TPSA) is 73.0 Å². The zero-order valence-electron chi connectivity index (χ0n) is 16.3. The second kappa shape index (κ2) is 7.33. The minimum atomic E-state index is -4.64. The van der Waals surface area contributed by atoms with E-state index in [9.17, 15) is 27.6 Å². The molecule has 0 spiro atoms. The fourth-order valence-corrected chi connectivity index (χ4v) is 4.22. The maximum atomic E-state index is 13.6. The number of carbonyl (C=O) groups excluding carboxylic acids is 3. The highest BCUT2D eigenvalue weighted by Crippen LogP contribution is 2.41. The fraction of sp³-hybridized carbons (Fsp3) is 0.450. The molecule has 7 nitrogen and oxygen atoms in total. The van der Waals surface area contributed by atoms with Crippen LogP contribution < -0.4 is 5.32 Å². The Morgan fingerprint density at radius 1 is 1.17 bits per heavy atom. The Labute approximate surface area is 171 Å². The first kappa shape index (κ1) is 20.2. The highest BCUT2D eigenvalue weighted by molar-refractivity contribution is 6.03. The van der Waals surface area contributed by atoms with E-state index in [1.165, 1.54) is 35.0 Å². The molecule has 4 rings (SSSR count). The summed E-state index contributed by atoms with van der Waals surface area (Å²) in [6.45, 7) is 1.11. The molecule has 3 aliphatic heterocycles. The minimum absolute atomic E-state index is 0.00233. The first-order valence-electron chi connectivity index (χ1n) is 9.69. The monoisotopic (exact) mass is 422 g/mol. The molecule has 0 aromatic heterocycles. The van der Waals surface area contributed by atoms with Crippen molar-refractivity contribution in [3.05, 3.63) is 46.7 Å². The van der Waals surface area contributed by atoms with Crippen molar-refractivity contribution in [1.29, 1.82) is 0 Å². The maximum Gasteiger partial charge on any atom is 0.416 e. The number of carbonyl (C=O) groups is 3.